The maximum Gasteiger partial charge on any atom is 0.252 e. The van der Waals surface area contributed by atoms with E-state index in [2.05, 4.69) is 17.2 Å². The van der Waals surface area contributed by atoms with E-state index in [1.807, 2.05) is 31.2 Å². The molecule has 1 aliphatic carbocycles. The number of hydrogen-bond donors (Lipinski definition) is 3. The van der Waals surface area contributed by atoms with Crippen LogP contribution in [-0.4, -0.2) is 31.8 Å². The van der Waals surface area contributed by atoms with Crippen LogP contribution in [0.25, 0.3) is 6.08 Å². The van der Waals surface area contributed by atoms with Crippen LogP contribution >= 0.6 is 0 Å². The van der Waals surface area contributed by atoms with Crippen LogP contribution < -0.4 is 21.5 Å². The second kappa shape index (κ2) is 11.4. The number of amides is 1. The van der Waals surface area contributed by atoms with E-state index in [4.69, 9.17) is 16.2 Å². The Morgan fingerprint density at radius 1 is 1.27 bits per heavy atom. The van der Waals surface area contributed by atoms with Gasteiger partial charge in [0.05, 0.1) is 17.9 Å². The summed E-state index contributed by atoms with van der Waals surface area (Å²) in [6, 6.07) is 5.82. The van der Waals surface area contributed by atoms with Crippen molar-refractivity contribution in [1.82, 2.24) is 0 Å². The number of allylic oxidation sites excluding steroid dienone is 1. The number of ether oxygens (including phenoxy) is 1. The Hall–Kier alpha value is -2.76. The van der Waals surface area contributed by atoms with Crippen molar-refractivity contribution in [3.63, 3.8) is 0 Å². The highest BCUT2D eigenvalue weighted by atomic mass is 16.5. The third-order valence-electron chi connectivity index (χ3n) is 5.46. The minimum Gasteiger partial charge on any atom is -0.494 e. The fraction of sp³-hybridized carbons (Fsp3) is 0.500. The lowest BCUT2D eigenvalue weighted by Crippen LogP contribution is -2.28. The number of nitrogens with one attached hydrogen (secondary N) is 1. The third kappa shape index (κ3) is 6.12. The van der Waals surface area contributed by atoms with Crippen molar-refractivity contribution in [2.75, 3.05) is 25.5 Å². The van der Waals surface area contributed by atoms with Crippen molar-refractivity contribution in [2.45, 2.75) is 52.9 Å². The molecule has 0 unspecified atom stereocenters. The van der Waals surface area contributed by atoms with Crippen LogP contribution in [0, 0.1) is 5.92 Å². The molecule has 3 rings (SSSR count). The molecule has 1 heterocycles. The fourth-order valence-electron chi connectivity index (χ4n) is 3.76. The lowest BCUT2D eigenvalue weighted by Gasteiger charge is -2.24. The van der Waals surface area contributed by atoms with Gasteiger partial charge in [-0.1, -0.05) is 39.0 Å². The molecule has 0 spiro atoms. The number of primary amides is 1. The smallest absolute Gasteiger partial charge is 0.252 e. The van der Waals surface area contributed by atoms with Gasteiger partial charge in [-0.15, -0.1) is 0 Å². The van der Waals surface area contributed by atoms with Gasteiger partial charge in [0, 0.05) is 31.0 Å². The van der Waals surface area contributed by atoms with Crippen molar-refractivity contribution >= 4 is 23.4 Å². The van der Waals surface area contributed by atoms with Crippen molar-refractivity contribution in [2.24, 2.45) is 22.4 Å². The van der Waals surface area contributed by atoms with Crippen LogP contribution in [0.15, 0.2) is 40.0 Å². The summed E-state index contributed by atoms with van der Waals surface area (Å²) in [6.45, 7) is 7.01. The predicted octanol–water partition coefficient (Wildman–Crippen LogP) is 4.27. The molecule has 0 radical (unpaired) electrons. The molecule has 1 aliphatic heterocycles. The summed E-state index contributed by atoms with van der Waals surface area (Å²) in [7, 11) is 1.62. The largest absolute Gasteiger partial charge is 0.494 e. The maximum absolute atomic E-state index is 11.7. The average molecular weight is 413 g/mol. The number of carbonyl (C=O) groups is 1. The lowest BCUT2D eigenvalue weighted by atomic mass is 9.82. The normalized spacial score (nSPS) is 16.7. The highest BCUT2D eigenvalue weighted by Gasteiger charge is 2.22. The van der Waals surface area contributed by atoms with E-state index in [1.54, 1.807) is 14.0 Å². The number of rotatable bonds is 7. The number of anilines is 1. The first kappa shape index (κ1) is 23.5. The molecule has 1 amide bonds. The Morgan fingerprint density at radius 2 is 2.00 bits per heavy atom. The van der Waals surface area contributed by atoms with Crippen LogP contribution in [0.3, 0.4) is 0 Å². The monoisotopic (exact) mass is 412 g/mol. The Labute approximate surface area is 180 Å². The molecule has 6 heteroatoms. The van der Waals surface area contributed by atoms with E-state index < -0.39 is 5.91 Å². The molecule has 1 saturated carbocycles. The Balaban J connectivity index is 0.000000386. The van der Waals surface area contributed by atoms with E-state index >= 15 is 0 Å². The second-order valence-corrected chi connectivity index (χ2v) is 7.79. The second-order valence-electron chi connectivity index (χ2n) is 7.79. The summed E-state index contributed by atoms with van der Waals surface area (Å²) in [5.74, 6) is 1.37. The highest BCUT2D eigenvalue weighted by Crippen LogP contribution is 2.30. The van der Waals surface area contributed by atoms with E-state index in [1.165, 1.54) is 32.1 Å². The molecule has 1 aromatic carbocycles. The van der Waals surface area contributed by atoms with Gasteiger partial charge in [-0.3, -0.25) is 9.79 Å². The molecule has 0 aromatic heterocycles. The van der Waals surface area contributed by atoms with Gasteiger partial charge in [0.2, 0.25) is 0 Å². The van der Waals surface area contributed by atoms with Crippen molar-refractivity contribution in [1.29, 1.82) is 0 Å². The molecule has 6 nitrogen and oxygen atoms in total. The summed E-state index contributed by atoms with van der Waals surface area (Å²) in [5, 5.41) is 3.31. The first-order chi connectivity index (χ1) is 14.4. The van der Waals surface area contributed by atoms with Gasteiger partial charge in [0.1, 0.15) is 5.75 Å². The standard InChI is InChI=1S/C17H22N4O2.C7H14/c1-4-23-13-6-5-11-7-12(9-21-14(11)8-13)16(20-3)15(10(2)18)17(19)22;1-2-4-7-5-3-6-7/h5-8,21H,4,9,18H2,1-3H3,(H2,19,22);7H,2-6H2,1H3/b15-10-,20-16?;. The van der Waals surface area contributed by atoms with E-state index in [0.717, 1.165) is 28.5 Å². The van der Waals surface area contributed by atoms with Gasteiger partial charge in [-0.25, -0.2) is 0 Å². The van der Waals surface area contributed by atoms with Gasteiger partial charge in [-0.05, 0) is 49.1 Å². The minimum absolute atomic E-state index is 0.259. The van der Waals surface area contributed by atoms with E-state index in [0.29, 0.717) is 24.6 Å². The number of aliphatic imine (C=N–C) groups is 1. The first-order valence-corrected chi connectivity index (χ1v) is 10.9. The molecule has 1 fully saturated rings. The molecule has 0 saturated heterocycles. The molecule has 5 N–H and O–H groups in total. The molecule has 30 heavy (non-hydrogen) atoms. The van der Waals surface area contributed by atoms with Crippen molar-refractivity contribution in [3.05, 3.63) is 40.6 Å². The molecule has 0 atom stereocenters. The summed E-state index contributed by atoms with van der Waals surface area (Å²) in [4.78, 5) is 15.9. The number of hydrogen-bond acceptors (Lipinski definition) is 5. The Bertz CT molecular complexity index is 832. The molecule has 0 bridgehead atoms. The first-order valence-electron chi connectivity index (χ1n) is 10.9. The molecular formula is C24H36N4O2. The summed E-state index contributed by atoms with van der Waals surface area (Å²) >= 11 is 0. The Kier molecular flexibility index (Phi) is 8.96. The van der Waals surface area contributed by atoms with Crippen molar-refractivity contribution < 1.29 is 9.53 Å². The quantitative estimate of drug-likeness (QED) is 0.460. The van der Waals surface area contributed by atoms with Crippen LogP contribution in [0.4, 0.5) is 5.69 Å². The fourth-order valence-corrected chi connectivity index (χ4v) is 3.76. The molecular weight excluding hydrogens is 376 g/mol. The van der Waals surface area contributed by atoms with Crippen LogP contribution in [0.2, 0.25) is 0 Å². The summed E-state index contributed by atoms with van der Waals surface area (Å²) in [5.41, 5.74) is 15.2. The van der Waals surface area contributed by atoms with Crippen LogP contribution in [-0.2, 0) is 4.79 Å². The average Bonchev–Trinajstić information content (AvgIpc) is 2.68. The minimum atomic E-state index is -0.580. The van der Waals surface area contributed by atoms with Crippen molar-refractivity contribution in [3.8, 4) is 5.75 Å². The van der Waals surface area contributed by atoms with Gasteiger partial charge in [0.15, 0.2) is 0 Å². The number of nitrogens with two attached hydrogens (primary N) is 2. The zero-order valence-corrected chi connectivity index (χ0v) is 18.8. The number of benzene rings is 1. The lowest BCUT2D eigenvalue weighted by molar-refractivity contribution is -0.114. The predicted molar refractivity (Wildman–Crippen MR) is 126 cm³/mol. The molecule has 2 aliphatic rings. The van der Waals surface area contributed by atoms with E-state index in [-0.39, 0.29) is 5.57 Å². The third-order valence-corrected chi connectivity index (χ3v) is 5.46. The van der Waals surface area contributed by atoms with Crippen LogP contribution in [0.5, 0.6) is 5.75 Å². The zero-order valence-electron chi connectivity index (χ0n) is 18.8. The zero-order chi connectivity index (χ0) is 22.1. The topological polar surface area (TPSA) is 103 Å². The number of fused-ring (bicyclic) bond motifs is 1. The van der Waals surface area contributed by atoms with Gasteiger partial charge in [-0.2, -0.15) is 0 Å². The molecule has 164 valence electrons. The Morgan fingerprint density at radius 3 is 2.47 bits per heavy atom. The van der Waals surface area contributed by atoms with Gasteiger partial charge in [0.25, 0.3) is 5.91 Å². The summed E-state index contributed by atoms with van der Waals surface area (Å²) < 4.78 is 5.50. The highest BCUT2D eigenvalue weighted by molar-refractivity contribution is 6.29. The summed E-state index contributed by atoms with van der Waals surface area (Å²) in [6.07, 6.45) is 9.41. The number of carbonyl (C=O) groups excluding carboxylic acids is 1. The van der Waals surface area contributed by atoms with Crippen LogP contribution in [0.1, 0.15) is 58.4 Å². The maximum atomic E-state index is 11.7. The number of nitrogens with zero attached hydrogens (tertiary/aromatic N) is 1. The van der Waals surface area contributed by atoms with Gasteiger partial charge >= 0.3 is 0 Å². The molecule has 1 aromatic rings. The van der Waals surface area contributed by atoms with Gasteiger partial charge < -0.3 is 21.5 Å². The van der Waals surface area contributed by atoms with E-state index in [9.17, 15) is 4.79 Å². The SMILES string of the molecule is CCCC1CCC1.CCOc1ccc2c(c1)NCC(C(=NC)/C(C(N)=O)=C(\C)N)=C2.